The molecule has 1 aromatic carbocycles. The molecule has 1 atom stereocenters. The number of carbonyl (C=O) groups excluding carboxylic acids is 1. The number of rotatable bonds is 3. The second-order valence-electron chi connectivity index (χ2n) is 5.72. The standard InChI is InChI=1S/C17H22N2O/c1-2-15-5-3-4-10-19(15)17(20)12-13-6-7-14-8-9-18-16(14)11-13/h6-9,11,15,18H,2-5,10,12H2,1H3. The number of likely N-dealkylation sites (tertiary alicyclic amines) is 1. The average Bonchev–Trinajstić information content (AvgIpc) is 2.94. The molecule has 1 amide bonds. The molecule has 106 valence electrons. The van der Waals surface area contributed by atoms with E-state index in [0.717, 1.165) is 36.9 Å². The third kappa shape index (κ3) is 2.58. The van der Waals surface area contributed by atoms with Crippen LogP contribution in [-0.2, 0) is 11.2 Å². The Kier molecular flexibility index (Phi) is 3.77. The highest BCUT2D eigenvalue weighted by Gasteiger charge is 2.25. The van der Waals surface area contributed by atoms with Crippen LogP contribution in [0.15, 0.2) is 30.5 Å². The number of amides is 1. The van der Waals surface area contributed by atoms with Gasteiger partial charge in [0, 0.05) is 24.3 Å². The van der Waals surface area contributed by atoms with Gasteiger partial charge < -0.3 is 9.88 Å². The first-order valence-electron chi connectivity index (χ1n) is 7.63. The smallest absolute Gasteiger partial charge is 0.227 e. The molecule has 1 aliphatic rings. The SMILES string of the molecule is CCC1CCCCN1C(=O)Cc1ccc2cc[nH]c2c1. The fourth-order valence-electron chi connectivity index (χ4n) is 3.23. The van der Waals surface area contributed by atoms with Crippen molar-refractivity contribution in [2.45, 2.75) is 45.1 Å². The minimum Gasteiger partial charge on any atom is -0.361 e. The number of aromatic amines is 1. The van der Waals surface area contributed by atoms with Gasteiger partial charge >= 0.3 is 0 Å². The minimum atomic E-state index is 0.280. The molecule has 0 saturated carbocycles. The molecule has 3 heteroatoms. The second-order valence-corrected chi connectivity index (χ2v) is 5.72. The number of benzene rings is 1. The summed E-state index contributed by atoms with van der Waals surface area (Å²) >= 11 is 0. The van der Waals surface area contributed by atoms with Gasteiger partial charge in [-0.2, -0.15) is 0 Å². The van der Waals surface area contributed by atoms with Gasteiger partial charge in [-0.1, -0.05) is 19.1 Å². The van der Waals surface area contributed by atoms with Crippen LogP contribution in [0.4, 0.5) is 0 Å². The van der Waals surface area contributed by atoms with Crippen LogP contribution >= 0.6 is 0 Å². The molecule has 2 aromatic rings. The lowest BCUT2D eigenvalue weighted by Crippen LogP contribution is -2.44. The van der Waals surface area contributed by atoms with Gasteiger partial charge in [-0.3, -0.25) is 4.79 Å². The van der Waals surface area contributed by atoms with Crippen LogP contribution in [0, 0.1) is 0 Å². The van der Waals surface area contributed by atoms with E-state index in [-0.39, 0.29) is 5.91 Å². The molecule has 1 aromatic heterocycles. The van der Waals surface area contributed by atoms with Crippen molar-refractivity contribution in [2.75, 3.05) is 6.54 Å². The zero-order valence-electron chi connectivity index (χ0n) is 12.1. The Labute approximate surface area is 120 Å². The van der Waals surface area contributed by atoms with Gasteiger partial charge in [0.05, 0.1) is 6.42 Å². The molecule has 0 aliphatic carbocycles. The van der Waals surface area contributed by atoms with Crippen LogP contribution < -0.4 is 0 Å². The van der Waals surface area contributed by atoms with Gasteiger partial charge in [-0.05, 0) is 48.8 Å². The average molecular weight is 270 g/mol. The summed E-state index contributed by atoms with van der Waals surface area (Å²) in [6.45, 7) is 3.11. The Hall–Kier alpha value is -1.77. The fraction of sp³-hybridized carbons (Fsp3) is 0.471. The van der Waals surface area contributed by atoms with E-state index < -0.39 is 0 Å². The van der Waals surface area contributed by atoms with Crippen LogP contribution in [0.5, 0.6) is 0 Å². The van der Waals surface area contributed by atoms with Crippen molar-refractivity contribution in [1.82, 2.24) is 9.88 Å². The maximum atomic E-state index is 12.5. The molecular weight excluding hydrogens is 248 g/mol. The van der Waals surface area contributed by atoms with E-state index in [0.29, 0.717) is 12.5 Å². The Morgan fingerprint density at radius 2 is 2.25 bits per heavy atom. The summed E-state index contributed by atoms with van der Waals surface area (Å²) in [5, 5.41) is 1.20. The van der Waals surface area contributed by atoms with Gasteiger partial charge in [0.1, 0.15) is 0 Å². The first-order chi connectivity index (χ1) is 9.78. The largest absolute Gasteiger partial charge is 0.361 e. The Morgan fingerprint density at radius 3 is 3.10 bits per heavy atom. The molecule has 3 rings (SSSR count). The topological polar surface area (TPSA) is 36.1 Å². The summed E-state index contributed by atoms with van der Waals surface area (Å²) < 4.78 is 0. The number of nitrogens with zero attached hydrogens (tertiary/aromatic N) is 1. The quantitative estimate of drug-likeness (QED) is 0.910. The number of nitrogens with one attached hydrogen (secondary N) is 1. The van der Waals surface area contributed by atoms with Crippen molar-refractivity contribution in [3.8, 4) is 0 Å². The maximum Gasteiger partial charge on any atom is 0.227 e. The number of fused-ring (bicyclic) bond motifs is 1. The predicted octanol–water partition coefficient (Wildman–Crippen LogP) is 3.50. The third-order valence-corrected chi connectivity index (χ3v) is 4.39. The first-order valence-corrected chi connectivity index (χ1v) is 7.63. The number of aromatic nitrogens is 1. The van der Waals surface area contributed by atoms with Crippen LogP contribution in [0.3, 0.4) is 0 Å². The summed E-state index contributed by atoms with van der Waals surface area (Å²) in [6.07, 6.45) is 7.10. The van der Waals surface area contributed by atoms with Crippen molar-refractivity contribution in [3.05, 3.63) is 36.0 Å². The Balaban J connectivity index is 1.73. The van der Waals surface area contributed by atoms with E-state index in [1.807, 2.05) is 6.20 Å². The first kappa shape index (κ1) is 13.2. The monoisotopic (exact) mass is 270 g/mol. The summed E-state index contributed by atoms with van der Waals surface area (Å²) in [4.78, 5) is 17.8. The highest BCUT2D eigenvalue weighted by Crippen LogP contribution is 2.21. The normalized spacial score (nSPS) is 19.4. The molecule has 1 saturated heterocycles. The van der Waals surface area contributed by atoms with E-state index in [9.17, 15) is 4.79 Å². The predicted molar refractivity (Wildman–Crippen MR) is 81.6 cm³/mol. The second kappa shape index (κ2) is 5.70. The molecular formula is C17H22N2O. The van der Waals surface area contributed by atoms with Crippen molar-refractivity contribution in [3.63, 3.8) is 0 Å². The number of carbonyl (C=O) groups is 1. The number of H-pyrrole nitrogens is 1. The minimum absolute atomic E-state index is 0.280. The van der Waals surface area contributed by atoms with Crippen LogP contribution in [0.25, 0.3) is 10.9 Å². The van der Waals surface area contributed by atoms with Gasteiger partial charge in [0.15, 0.2) is 0 Å². The highest BCUT2D eigenvalue weighted by molar-refractivity contribution is 5.83. The molecule has 2 heterocycles. The van der Waals surface area contributed by atoms with Crippen molar-refractivity contribution >= 4 is 16.8 Å². The van der Waals surface area contributed by atoms with E-state index in [1.54, 1.807) is 0 Å². The van der Waals surface area contributed by atoms with Crippen LogP contribution in [0.2, 0.25) is 0 Å². The summed E-state index contributed by atoms with van der Waals surface area (Å²) in [5.41, 5.74) is 2.21. The number of hydrogen-bond acceptors (Lipinski definition) is 1. The van der Waals surface area contributed by atoms with Crippen molar-refractivity contribution in [2.24, 2.45) is 0 Å². The number of hydrogen-bond donors (Lipinski definition) is 1. The molecule has 0 radical (unpaired) electrons. The lowest BCUT2D eigenvalue weighted by atomic mass is 9.99. The summed E-state index contributed by atoms with van der Waals surface area (Å²) in [7, 11) is 0. The molecule has 1 aliphatic heterocycles. The van der Waals surface area contributed by atoms with Gasteiger partial charge in [-0.25, -0.2) is 0 Å². The van der Waals surface area contributed by atoms with Crippen molar-refractivity contribution in [1.29, 1.82) is 0 Å². The summed E-state index contributed by atoms with van der Waals surface area (Å²) in [6, 6.07) is 8.75. The molecule has 1 N–H and O–H groups in total. The Morgan fingerprint density at radius 1 is 1.35 bits per heavy atom. The van der Waals surface area contributed by atoms with E-state index >= 15 is 0 Å². The number of piperidine rings is 1. The molecule has 20 heavy (non-hydrogen) atoms. The summed E-state index contributed by atoms with van der Waals surface area (Å²) in [5.74, 6) is 0.280. The highest BCUT2D eigenvalue weighted by atomic mass is 16.2. The van der Waals surface area contributed by atoms with Gasteiger partial charge in [-0.15, -0.1) is 0 Å². The zero-order chi connectivity index (χ0) is 13.9. The van der Waals surface area contributed by atoms with Crippen LogP contribution in [0.1, 0.15) is 38.2 Å². The molecule has 0 bridgehead atoms. The zero-order valence-corrected chi connectivity index (χ0v) is 12.1. The van der Waals surface area contributed by atoms with E-state index in [1.165, 1.54) is 11.8 Å². The molecule has 1 unspecified atom stereocenters. The molecule has 0 spiro atoms. The molecule has 1 fully saturated rings. The lowest BCUT2D eigenvalue weighted by molar-refractivity contribution is -0.134. The van der Waals surface area contributed by atoms with Gasteiger partial charge in [0.2, 0.25) is 5.91 Å². The fourth-order valence-corrected chi connectivity index (χ4v) is 3.23. The molecule has 3 nitrogen and oxygen atoms in total. The maximum absolute atomic E-state index is 12.5. The van der Waals surface area contributed by atoms with Gasteiger partial charge in [0.25, 0.3) is 0 Å². The third-order valence-electron chi connectivity index (χ3n) is 4.39. The van der Waals surface area contributed by atoms with E-state index in [2.05, 4.69) is 41.1 Å². The van der Waals surface area contributed by atoms with E-state index in [4.69, 9.17) is 0 Å². The van der Waals surface area contributed by atoms with Crippen molar-refractivity contribution < 1.29 is 4.79 Å². The van der Waals surface area contributed by atoms with Crippen LogP contribution in [-0.4, -0.2) is 28.4 Å². The lowest BCUT2D eigenvalue weighted by Gasteiger charge is -2.35. The Bertz CT molecular complexity index is 602.